The van der Waals surface area contributed by atoms with Crippen LogP contribution in [0.2, 0.25) is 0 Å². The molecule has 0 aliphatic carbocycles. The molecule has 2 aromatic carbocycles. The Morgan fingerprint density at radius 2 is 1.83 bits per heavy atom. The van der Waals surface area contributed by atoms with E-state index in [0.717, 1.165) is 22.4 Å². The molecule has 0 bridgehead atoms. The highest BCUT2D eigenvalue weighted by atomic mass is 16.6. The fourth-order valence-electron chi connectivity index (χ4n) is 2.38. The van der Waals surface area contributed by atoms with Crippen molar-refractivity contribution in [2.24, 2.45) is 5.16 Å². The summed E-state index contributed by atoms with van der Waals surface area (Å²) in [6, 6.07) is 15.5. The molecule has 5 nitrogen and oxygen atoms in total. The van der Waals surface area contributed by atoms with Gasteiger partial charge in [-0.1, -0.05) is 47.6 Å². The Morgan fingerprint density at radius 1 is 1.12 bits per heavy atom. The average molecular weight is 326 g/mol. The number of likely N-dealkylation sites (N-methyl/N-ethyl adjacent to an activating group) is 1. The minimum absolute atomic E-state index is 0.256. The summed E-state index contributed by atoms with van der Waals surface area (Å²) in [5, 5.41) is 6.45. The molecule has 1 amide bonds. The van der Waals surface area contributed by atoms with Crippen molar-refractivity contribution >= 4 is 11.6 Å². The van der Waals surface area contributed by atoms with Gasteiger partial charge >= 0.3 is 0 Å². The maximum atomic E-state index is 12.0. The van der Waals surface area contributed by atoms with Crippen LogP contribution in [0.5, 0.6) is 5.75 Å². The Labute approximate surface area is 142 Å². The highest BCUT2D eigenvalue weighted by Crippen LogP contribution is 2.17. The van der Waals surface area contributed by atoms with Gasteiger partial charge in [0.05, 0.1) is 6.61 Å². The van der Waals surface area contributed by atoms with Gasteiger partial charge in [0.25, 0.3) is 5.91 Å². The van der Waals surface area contributed by atoms with Crippen molar-refractivity contribution in [3.8, 4) is 5.75 Å². The summed E-state index contributed by atoms with van der Waals surface area (Å²) in [4.78, 5) is 16.9. The molecule has 24 heavy (non-hydrogen) atoms. The van der Waals surface area contributed by atoms with Crippen LogP contribution >= 0.6 is 0 Å². The summed E-state index contributed by atoms with van der Waals surface area (Å²) in [5.41, 5.74) is 3.07. The highest BCUT2D eigenvalue weighted by Gasteiger charge is 2.17. The number of para-hydroxylation sites is 1. The zero-order valence-corrected chi connectivity index (χ0v) is 14.2. The van der Waals surface area contributed by atoms with Crippen LogP contribution in [0.4, 0.5) is 0 Å². The summed E-state index contributed by atoms with van der Waals surface area (Å²) in [6.45, 7) is 2.52. The van der Waals surface area contributed by atoms with E-state index in [-0.39, 0.29) is 11.6 Å². The van der Waals surface area contributed by atoms with Gasteiger partial charge in [0, 0.05) is 19.0 Å². The third-order valence-corrected chi connectivity index (χ3v) is 3.62. The molecule has 0 spiro atoms. The molecule has 0 radical (unpaired) electrons. The molecule has 0 atom stereocenters. The monoisotopic (exact) mass is 326 g/mol. The molecular weight excluding hydrogens is 304 g/mol. The van der Waals surface area contributed by atoms with E-state index in [1.54, 1.807) is 7.05 Å². The lowest BCUT2D eigenvalue weighted by Gasteiger charge is -2.12. The van der Waals surface area contributed by atoms with E-state index in [1.165, 1.54) is 7.11 Å². The van der Waals surface area contributed by atoms with E-state index < -0.39 is 0 Å². The van der Waals surface area contributed by atoms with Crippen molar-refractivity contribution in [2.45, 2.75) is 13.3 Å². The lowest BCUT2D eigenvalue weighted by molar-refractivity contribution is -0.114. The number of nitrogens with zero attached hydrogens (tertiary/aromatic N) is 1. The molecule has 0 fully saturated rings. The standard InChI is InChI=1S/C19H22N2O3/c1-14-8-4-7-11-17(14)24-13-12-15-9-5-6-10-16(15)18(21-23-3)19(22)20-2/h4-11H,12-13H2,1-3H3,(H,20,22). The summed E-state index contributed by atoms with van der Waals surface area (Å²) in [5.74, 6) is 0.580. The zero-order chi connectivity index (χ0) is 17.4. The molecule has 0 saturated heterocycles. The van der Waals surface area contributed by atoms with Gasteiger partial charge in [-0.15, -0.1) is 0 Å². The molecule has 0 aliphatic heterocycles. The quantitative estimate of drug-likeness (QED) is 0.629. The normalized spacial score (nSPS) is 11.0. The van der Waals surface area contributed by atoms with Gasteiger partial charge in [-0.2, -0.15) is 0 Å². The summed E-state index contributed by atoms with van der Waals surface area (Å²) < 4.78 is 5.85. The number of amides is 1. The second-order valence-corrected chi connectivity index (χ2v) is 5.22. The van der Waals surface area contributed by atoms with Crippen LogP contribution < -0.4 is 10.1 Å². The molecule has 0 aromatic heterocycles. The minimum Gasteiger partial charge on any atom is -0.493 e. The fourth-order valence-corrected chi connectivity index (χ4v) is 2.38. The van der Waals surface area contributed by atoms with E-state index >= 15 is 0 Å². The number of rotatable bonds is 7. The van der Waals surface area contributed by atoms with Gasteiger partial charge in [-0.25, -0.2) is 0 Å². The van der Waals surface area contributed by atoms with Gasteiger partial charge in [-0.05, 0) is 24.1 Å². The first-order chi connectivity index (χ1) is 11.7. The Balaban J connectivity index is 2.15. The Bertz CT molecular complexity index is 726. The number of aryl methyl sites for hydroxylation is 1. The number of ether oxygens (including phenoxy) is 1. The highest BCUT2D eigenvalue weighted by molar-refractivity contribution is 6.45. The van der Waals surface area contributed by atoms with E-state index in [0.29, 0.717) is 13.0 Å². The summed E-state index contributed by atoms with van der Waals surface area (Å²) >= 11 is 0. The van der Waals surface area contributed by atoms with E-state index in [2.05, 4.69) is 10.5 Å². The maximum Gasteiger partial charge on any atom is 0.273 e. The number of hydrogen-bond donors (Lipinski definition) is 1. The Hall–Kier alpha value is -2.82. The third kappa shape index (κ3) is 4.35. The van der Waals surface area contributed by atoms with Gasteiger partial charge in [0.2, 0.25) is 0 Å². The molecule has 2 aromatic rings. The lowest BCUT2D eigenvalue weighted by atomic mass is 10.0. The largest absolute Gasteiger partial charge is 0.493 e. The van der Waals surface area contributed by atoms with Crippen LogP contribution in [-0.2, 0) is 16.1 Å². The molecule has 0 aliphatic rings. The van der Waals surface area contributed by atoms with Crippen molar-refractivity contribution in [1.82, 2.24) is 5.32 Å². The molecule has 5 heteroatoms. The fraction of sp³-hybridized carbons (Fsp3) is 0.263. The van der Waals surface area contributed by atoms with Crippen molar-refractivity contribution in [3.63, 3.8) is 0 Å². The van der Waals surface area contributed by atoms with Gasteiger partial charge in [-0.3, -0.25) is 4.79 Å². The second-order valence-electron chi connectivity index (χ2n) is 5.22. The maximum absolute atomic E-state index is 12.0. The van der Waals surface area contributed by atoms with Gasteiger partial charge < -0.3 is 14.9 Å². The minimum atomic E-state index is -0.288. The second kappa shape index (κ2) is 8.72. The number of carbonyl (C=O) groups excluding carboxylic acids is 1. The van der Waals surface area contributed by atoms with Crippen LogP contribution in [0.15, 0.2) is 53.7 Å². The Kier molecular flexibility index (Phi) is 6.37. The number of oxime groups is 1. The third-order valence-electron chi connectivity index (χ3n) is 3.62. The van der Waals surface area contributed by atoms with Crippen LogP contribution in [0.3, 0.4) is 0 Å². The Morgan fingerprint density at radius 3 is 2.54 bits per heavy atom. The zero-order valence-electron chi connectivity index (χ0n) is 14.2. The van der Waals surface area contributed by atoms with E-state index in [1.807, 2.05) is 55.5 Å². The number of hydrogen-bond acceptors (Lipinski definition) is 4. The van der Waals surface area contributed by atoms with Crippen molar-refractivity contribution in [2.75, 3.05) is 20.8 Å². The predicted octanol–water partition coefficient (Wildman–Crippen LogP) is 2.71. The molecule has 1 N–H and O–H groups in total. The SMILES string of the molecule is CNC(=O)C(=NOC)c1ccccc1CCOc1ccccc1C. The summed E-state index contributed by atoms with van der Waals surface area (Å²) in [6.07, 6.45) is 0.657. The number of benzene rings is 2. The predicted molar refractivity (Wildman–Crippen MR) is 94.4 cm³/mol. The first-order valence-corrected chi connectivity index (χ1v) is 7.77. The molecule has 0 heterocycles. The molecule has 0 unspecified atom stereocenters. The van der Waals surface area contributed by atoms with Crippen molar-refractivity contribution in [1.29, 1.82) is 0 Å². The van der Waals surface area contributed by atoms with Crippen LogP contribution in [0, 0.1) is 6.92 Å². The number of nitrogens with one attached hydrogen (secondary N) is 1. The van der Waals surface area contributed by atoms with Crippen molar-refractivity contribution in [3.05, 3.63) is 65.2 Å². The number of carbonyl (C=O) groups is 1. The first kappa shape index (κ1) is 17.5. The summed E-state index contributed by atoms with van der Waals surface area (Å²) in [7, 11) is 2.99. The lowest BCUT2D eigenvalue weighted by Crippen LogP contribution is -2.29. The van der Waals surface area contributed by atoms with Gasteiger partial charge in [0.1, 0.15) is 12.9 Å². The molecule has 2 rings (SSSR count). The first-order valence-electron chi connectivity index (χ1n) is 7.77. The van der Waals surface area contributed by atoms with Crippen LogP contribution in [0.1, 0.15) is 16.7 Å². The van der Waals surface area contributed by atoms with Crippen molar-refractivity contribution < 1.29 is 14.4 Å². The van der Waals surface area contributed by atoms with E-state index in [4.69, 9.17) is 9.57 Å². The van der Waals surface area contributed by atoms with Gasteiger partial charge in [0.15, 0.2) is 5.71 Å². The molecule has 126 valence electrons. The van der Waals surface area contributed by atoms with E-state index in [9.17, 15) is 4.79 Å². The smallest absolute Gasteiger partial charge is 0.273 e. The van der Waals surface area contributed by atoms with Crippen LogP contribution in [-0.4, -0.2) is 32.4 Å². The topological polar surface area (TPSA) is 59.9 Å². The van der Waals surface area contributed by atoms with Crippen LogP contribution in [0.25, 0.3) is 0 Å². The molecular formula is C19H22N2O3. The molecule has 0 saturated carbocycles. The average Bonchev–Trinajstić information content (AvgIpc) is 2.61.